The average molecular weight is 176 g/mol. The van der Waals surface area contributed by atoms with Gasteiger partial charge >= 0.3 is 0 Å². The number of hydrogen-bond acceptors (Lipinski definition) is 4. The van der Waals surface area contributed by atoms with Crippen molar-refractivity contribution in [2.24, 2.45) is 0 Å². The molecular formula is C8H8N4O. The Morgan fingerprint density at radius 3 is 2.85 bits per heavy atom. The standard InChI is InChI=1S/C8H8N4O/c9-7-3-6(13)1-2-8(7)12-5-10-4-11-12/h1-5,13H,9H2. The summed E-state index contributed by atoms with van der Waals surface area (Å²) >= 11 is 0. The van der Waals surface area contributed by atoms with E-state index >= 15 is 0 Å². The molecule has 1 aromatic carbocycles. The first-order valence-electron chi connectivity index (χ1n) is 3.71. The summed E-state index contributed by atoms with van der Waals surface area (Å²) in [7, 11) is 0. The van der Waals surface area contributed by atoms with Gasteiger partial charge in [0.05, 0.1) is 11.4 Å². The number of nitrogen functional groups attached to an aromatic ring is 1. The van der Waals surface area contributed by atoms with Crippen molar-refractivity contribution in [1.82, 2.24) is 14.8 Å². The molecule has 5 heteroatoms. The number of aromatic nitrogens is 3. The number of nitrogens with two attached hydrogens (primary N) is 1. The van der Waals surface area contributed by atoms with Crippen LogP contribution in [0.15, 0.2) is 30.9 Å². The lowest BCUT2D eigenvalue weighted by Crippen LogP contribution is -1.99. The summed E-state index contributed by atoms with van der Waals surface area (Å²) in [5, 5.41) is 13.0. The first kappa shape index (κ1) is 7.60. The molecule has 3 N–H and O–H groups in total. The Kier molecular flexibility index (Phi) is 1.63. The first-order chi connectivity index (χ1) is 6.27. The normalized spacial score (nSPS) is 10.2. The number of phenols is 1. The van der Waals surface area contributed by atoms with Crippen molar-refractivity contribution in [3.63, 3.8) is 0 Å². The molecule has 0 unspecified atom stereocenters. The predicted octanol–water partition coefficient (Wildman–Crippen LogP) is 0.555. The molecule has 0 atom stereocenters. The van der Waals surface area contributed by atoms with Gasteiger partial charge < -0.3 is 10.8 Å². The minimum absolute atomic E-state index is 0.140. The van der Waals surface area contributed by atoms with Gasteiger partial charge in [-0.25, -0.2) is 9.67 Å². The third-order valence-electron chi connectivity index (χ3n) is 1.68. The number of aromatic hydroxyl groups is 1. The largest absolute Gasteiger partial charge is 0.508 e. The van der Waals surface area contributed by atoms with E-state index in [1.807, 2.05) is 0 Å². The maximum absolute atomic E-state index is 9.11. The first-order valence-corrected chi connectivity index (χ1v) is 3.71. The summed E-state index contributed by atoms with van der Waals surface area (Å²) < 4.78 is 1.54. The fourth-order valence-electron chi connectivity index (χ4n) is 1.08. The van der Waals surface area contributed by atoms with Crippen molar-refractivity contribution < 1.29 is 5.11 Å². The Hall–Kier alpha value is -2.04. The highest BCUT2D eigenvalue weighted by atomic mass is 16.3. The maximum Gasteiger partial charge on any atom is 0.138 e. The molecule has 0 amide bonds. The minimum atomic E-state index is 0.140. The summed E-state index contributed by atoms with van der Waals surface area (Å²) in [6, 6.07) is 4.70. The molecule has 0 bridgehead atoms. The van der Waals surface area contributed by atoms with Crippen molar-refractivity contribution in [2.75, 3.05) is 5.73 Å². The van der Waals surface area contributed by atoms with Gasteiger partial charge in [-0.3, -0.25) is 0 Å². The zero-order valence-electron chi connectivity index (χ0n) is 6.75. The van der Waals surface area contributed by atoms with Crippen molar-refractivity contribution in [2.45, 2.75) is 0 Å². The summed E-state index contributed by atoms with van der Waals surface area (Å²) in [6.07, 6.45) is 2.97. The summed E-state index contributed by atoms with van der Waals surface area (Å²) in [4.78, 5) is 3.80. The van der Waals surface area contributed by atoms with Gasteiger partial charge in [-0.2, -0.15) is 5.10 Å². The lowest BCUT2D eigenvalue weighted by molar-refractivity contribution is 0.475. The van der Waals surface area contributed by atoms with E-state index in [2.05, 4.69) is 10.1 Å². The van der Waals surface area contributed by atoms with Crippen LogP contribution in [0.4, 0.5) is 5.69 Å². The van der Waals surface area contributed by atoms with Gasteiger partial charge in [-0.1, -0.05) is 0 Å². The number of hydrogen-bond donors (Lipinski definition) is 2. The number of anilines is 1. The van der Waals surface area contributed by atoms with Crippen molar-refractivity contribution in [3.8, 4) is 11.4 Å². The SMILES string of the molecule is Nc1cc(O)ccc1-n1cncn1. The van der Waals surface area contributed by atoms with Crippen LogP contribution < -0.4 is 5.73 Å². The Morgan fingerprint density at radius 2 is 2.23 bits per heavy atom. The van der Waals surface area contributed by atoms with Gasteiger partial charge in [0.15, 0.2) is 0 Å². The molecule has 0 aliphatic rings. The quantitative estimate of drug-likeness (QED) is 0.622. The van der Waals surface area contributed by atoms with Gasteiger partial charge in [-0.15, -0.1) is 0 Å². The van der Waals surface area contributed by atoms with Crippen LogP contribution in [-0.2, 0) is 0 Å². The van der Waals surface area contributed by atoms with Crippen LogP contribution in [0, 0.1) is 0 Å². The monoisotopic (exact) mass is 176 g/mol. The molecule has 0 fully saturated rings. The second kappa shape index (κ2) is 2.78. The fourth-order valence-corrected chi connectivity index (χ4v) is 1.08. The highest BCUT2D eigenvalue weighted by Crippen LogP contribution is 2.20. The molecule has 5 nitrogen and oxygen atoms in total. The molecule has 13 heavy (non-hydrogen) atoms. The molecule has 2 aromatic rings. The molecule has 1 heterocycles. The molecule has 0 aliphatic heterocycles. The van der Waals surface area contributed by atoms with E-state index in [1.165, 1.54) is 17.1 Å². The summed E-state index contributed by atoms with van der Waals surface area (Å²) in [5.41, 5.74) is 6.83. The van der Waals surface area contributed by atoms with E-state index in [0.29, 0.717) is 11.4 Å². The lowest BCUT2D eigenvalue weighted by Gasteiger charge is -2.04. The Labute approximate surface area is 74.4 Å². The van der Waals surface area contributed by atoms with Crippen LogP contribution >= 0.6 is 0 Å². The molecule has 2 rings (SSSR count). The maximum atomic E-state index is 9.11. The molecule has 0 aliphatic carbocycles. The second-order valence-corrected chi connectivity index (χ2v) is 2.58. The number of benzene rings is 1. The van der Waals surface area contributed by atoms with Crippen molar-refractivity contribution in [1.29, 1.82) is 0 Å². The number of nitrogens with zero attached hydrogens (tertiary/aromatic N) is 3. The van der Waals surface area contributed by atoms with Crippen LogP contribution in [0.2, 0.25) is 0 Å². The molecule has 66 valence electrons. The van der Waals surface area contributed by atoms with E-state index in [1.54, 1.807) is 18.5 Å². The molecule has 1 aromatic heterocycles. The molecule has 0 saturated heterocycles. The smallest absolute Gasteiger partial charge is 0.138 e. The highest BCUT2D eigenvalue weighted by Gasteiger charge is 2.02. The summed E-state index contributed by atoms with van der Waals surface area (Å²) in [5.74, 6) is 0.140. The zero-order chi connectivity index (χ0) is 9.26. The number of rotatable bonds is 1. The van der Waals surface area contributed by atoms with Crippen LogP contribution in [0.3, 0.4) is 0 Å². The predicted molar refractivity (Wildman–Crippen MR) is 47.4 cm³/mol. The topological polar surface area (TPSA) is 77.0 Å². The van der Waals surface area contributed by atoms with E-state index < -0.39 is 0 Å². The highest BCUT2D eigenvalue weighted by molar-refractivity contribution is 5.59. The molecule has 0 spiro atoms. The van der Waals surface area contributed by atoms with E-state index in [-0.39, 0.29) is 5.75 Å². The van der Waals surface area contributed by atoms with Crippen molar-refractivity contribution in [3.05, 3.63) is 30.9 Å². The van der Waals surface area contributed by atoms with Crippen LogP contribution in [-0.4, -0.2) is 19.9 Å². The zero-order valence-corrected chi connectivity index (χ0v) is 6.75. The van der Waals surface area contributed by atoms with Gasteiger partial charge in [0.25, 0.3) is 0 Å². The van der Waals surface area contributed by atoms with E-state index in [0.717, 1.165) is 0 Å². The van der Waals surface area contributed by atoms with E-state index in [9.17, 15) is 0 Å². The third kappa shape index (κ3) is 1.31. The second-order valence-electron chi connectivity index (χ2n) is 2.58. The average Bonchev–Trinajstić information content (AvgIpc) is 2.56. The Morgan fingerprint density at radius 1 is 1.38 bits per heavy atom. The minimum Gasteiger partial charge on any atom is -0.508 e. The Bertz CT molecular complexity index is 410. The van der Waals surface area contributed by atoms with Crippen LogP contribution in [0.1, 0.15) is 0 Å². The van der Waals surface area contributed by atoms with Gasteiger partial charge in [0, 0.05) is 6.07 Å². The van der Waals surface area contributed by atoms with Crippen molar-refractivity contribution >= 4 is 5.69 Å². The fraction of sp³-hybridized carbons (Fsp3) is 0. The third-order valence-corrected chi connectivity index (χ3v) is 1.68. The van der Waals surface area contributed by atoms with Gasteiger partial charge in [0.1, 0.15) is 18.4 Å². The van der Waals surface area contributed by atoms with Gasteiger partial charge in [-0.05, 0) is 12.1 Å². The van der Waals surface area contributed by atoms with Crippen LogP contribution in [0.5, 0.6) is 5.75 Å². The molecular weight excluding hydrogens is 168 g/mol. The van der Waals surface area contributed by atoms with E-state index in [4.69, 9.17) is 10.8 Å². The number of phenolic OH excluding ortho intramolecular Hbond substituents is 1. The van der Waals surface area contributed by atoms with Gasteiger partial charge in [0.2, 0.25) is 0 Å². The molecule has 0 saturated carbocycles. The Balaban J connectivity index is 2.53. The lowest BCUT2D eigenvalue weighted by atomic mass is 10.2. The van der Waals surface area contributed by atoms with Crippen LogP contribution in [0.25, 0.3) is 5.69 Å². The molecule has 0 radical (unpaired) electrons. The summed E-state index contributed by atoms with van der Waals surface area (Å²) in [6.45, 7) is 0.